The average Bonchev–Trinajstić information content (AvgIpc) is 2.59. The number of rotatable bonds is 7. The van der Waals surface area contributed by atoms with E-state index in [-0.39, 0.29) is 41.5 Å². The Morgan fingerprint density at radius 3 is 2.24 bits per heavy atom. The Labute approximate surface area is 161 Å². The van der Waals surface area contributed by atoms with E-state index in [1.54, 1.807) is 13.2 Å². The molecule has 2 rings (SSSR count). The van der Waals surface area contributed by atoms with Crippen molar-refractivity contribution in [1.82, 2.24) is 10.2 Å². The second kappa shape index (κ2) is 11.4. The van der Waals surface area contributed by atoms with Gasteiger partial charge >= 0.3 is 0 Å². The number of hydrogen-bond donors (Lipinski definition) is 1. The number of nitrogens with zero attached hydrogens (tertiary/aromatic N) is 2. The molecule has 1 aromatic carbocycles. The summed E-state index contributed by atoms with van der Waals surface area (Å²) in [5, 5.41) is 14.9. The molecule has 1 saturated heterocycles. The van der Waals surface area contributed by atoms with Crippen molar-refractivity contribution in [3.05, 3.63) is 27.8 Å². The van der Waals surface area contributed by atoms with E-state index in [0.717, 1.165) is 39.0 Å². The summed E-state index contributed by atoms with van der Waals surface area (Å²) in [5.41, 5.74) is 0.802. The van der Waals surface area contributed by atoms with Crippen LogP contribution >= 0.6 is 24.8 Å². The van der Waals surface area contributed by atoms with Crippen LogP contribution in [0.4, 0.5) is 5.69 Å². The van der Waals surface area contributed by atoms with Crippen LogP contribution in [0.1, 0.15) is 31.4 Å². The van der Waals surface area contributed by atoms with Crippen molar-refractivity contribution in [3.63, 3.8) is 0 Å². The van der Waals surface area contributed by atoms with Gasteiger partial charge in [-0.2, -0.15) is 0 Å². The van der Waals surface area contributed by atoms with Crippen molar-refractivity contribution in [2.45, 2.75) is 25.8 Å². The van der Waals surface area contributed by atoms with E-state index in [0.29, 0.717) is 17.1 Å². The Kier molecular flexibility index (Phi) is 10.8. The predicted octanol–water partition coefficient (Wildman–Crippen LogP) is 3.20. The molecule has 1 heterocycles. The van der Waals surface area contributed by atoms with Gasteiger partial charge in [-0.25, -0.2) is 0 Å². The number of methoxy groups -OCH3 is 2. The molecule has 1 aromatic rings. The summed E-state index contributed by atoms with van der Waals surface area (Å²) in [6.45, 7) is 5.68. The fourth-order valence-electron chi connectivity index (χ4n) is 3.11. The van der Waals surface area contributed by atoms with Crippen LogP contribution < -0.4 is 14.8 Å². The summed E-state index contributed by atoms with van der Waals surface area (Å²) in [7, 11) is 3.04. The highest BCUT2D eigenvalue weighted by Crippen LogP contribution is 2.40. The predicted molar refractivity (Wildman–Crippen MR) is 103 cm³/mol. The molecule has 25 heavy (non-hydrogen) atoms. The first-order valence-corrected chi connectivity index (χ1v) is 7.97. The average molecular weight is 396 g/mol. The summed E-state index contributed by atoms with van der Waals surface area (Å²) in [6.07, 6.45) is 1.83. The Bertz CT molecular complexity index is 554. The number of hydrogen-bond acceptors (Lipinski definition) is 6. The van der Waals surface area contributed by atoms with Crippen LogP contribution in [0.25, 0.3) is 0 Å². The first-order chi connectivity index (χ1) is 11.1. The van der Waals surface area contributed by atoms with Crippen molar-refractivity contribution >= 4 is 30.5 Å². The molecule has 1 fully saturated rings. The van der Waals surface area contributed by atoms with Crippen LogP contribution in [-0.2, 0) is 0 Å². The molecule has 1 atom stereocenters. The lowest BCUT2D eigenvalue weighted by molar-refractivity contribution is -0.386. The van der Waals surface area contributed by atoms with Gasteiger partial charge in [0, 0.05) is 32.2 Å². The molecule has 144 valence electrons. The fraction of sp³-hybridized carbons (Fsp3) is 0.625. The van der Waals surface area contributed by atoms with Crippen molar-refractivity contribution < 1.29 is 14.4 Å². The Morgan fingerprint density at radius 1 is 1.20 bits per heavy atom. The van der Waals surface area contributed by atoms with Crippen molar-refractivity contribution in [2.75, 3.05) is 40.4 Å². The van der Waals surface area contributed by atoms with Gasteiger partial charge in [-0.05, 0) is 12.5 Å². The summed E-state index contributed by atoms with van der Waals surface area (Å²) in [5.74, 6) is 0.919. The highest BCUT2D eigenvalue weighted by molar-refractivity contribution is 5.85. The van der Waals surface area contributed by atoms with Crippen LogP contribution in [0.15, 0.2) is 12.1 Å². The third kappa shape index (κ3) is 5.60. The standard InChI is InChI=1S/C16H25N3O4.2ClH/c1-4-5-13(18-8-6-17-7-9-18)12-10-15(22-2)16(23-3)11-14(12)19(20)21;;/h10-11,13,17H,4-9H2,1-3H3;2*1H/t13-;;/m0../s1. The minimum atomic E-state index is -0.331. The Morgan fingerprint density at radius 2 is 1.76 bits per heavy atom. The minimum absolute atomic E-state index is 0. The topological polar surface area (TPSA) is 76.9 Å². The molecule has 0 spiro atoms. The SMILES string of the molecule is CCC[C@@H](c1cc(OC)c(OC)cc1[N+](=O)[O-])N1CCNCC1.Cl.Cl. The third-order valence-corrected chi connectivity index (χ3v) is 4.24. The van der Waals surface area contributed by atoms with Crippen molar-refractivity contribution in [1.29, 1.82) is 0 Å². The van der Waals surface area contributed by atoms with Gasteiger partial charge in [-0.15, -0.1) is 24.8 Å². The molecular weight excluding hydrogens is 369 g/mol. The molecule has 0 saturated carbocycles. The number of nitro groups is 1. The summed E-state index contributed by atoms with van der Waals surface area (Å²) < 4.78 is 10.6. The van der Waals surface area contributed by atoms with Crippen LogP contribution in [-0.4, -0.2) is 50.2 Å². The van der Waals surface area contributed by atoms with Crippen molar-refractivity contribution in [3.8, 4) is 11.5 Å². The number of benzene rings is 1. The molecule has 0 bridgehead atoms. The lowest BCUT2D eigenvalue weighted by Crippen LogP contribution is -2.45. The summed E-state index contributed by atoms with van der Waals surface area (Å²) in [6, 6.07) is 3.25. The molecular formula is C16H27Cl2N3O4. The Hall–Kier alpha value is -1.28. The first-order valence-electron chi connectivity index (χ1n) is 7.97. The van der Waals surface area contributed by atoms with Crippen molar-refractivity contribution in [2.24, 2.45) is 0 Å². The van der Waals surface area contributed by atoms with Gasteiger partial charge < -0.3 is 14.8 Å². The van der Waals surface area contributed by atoms with Gasteiger partial charge in [0.2, 0.25) is 0 Å². The molecule has 7 nitrogen and oxygen atoms in total. The summed E-state index contributed by atoms with van der Waals surface area (Å²) >= 11 is 0. The van der Waals surface area contributed by atoms with E-state index in [2.05, 4.69) is 17.1 Å². The number of halogens is 2. The largest absolute Gasteiger partial charge is 0.493 e. The fourth-order valence-corrected chi connectivity index (χ4v) is 3.11. The molecule has 1 aliphatic heterocycles. The maximum atomic E-state index is 11.6. The van der Waals surface area contributed by atoms with Crippen LogP contribution in [0.5, 0.6) is 11.5 Å². The van der Waals surface area contributed by atoms with Gasteiger partial charge in [-0.3, -0.25) is 15.0 Å². The van der Waals surface area contributed by atoms with E-state index in [4.69, 9.17) is 9.47 Å². The molecule has 0 aliphatic carbocycles. The Balaban J connectivity index is 0.00000288. The number of ether oxygens (including phenoxy) is 2. The molecule has 0 radical (unpaired) electrons. The van der Waals surface area contributed by atoms with E-state index in [9.17, 15) is 10.1 Å². The first kappa shape index (κ1) is 23.7. The minimum Gasteiger partial charge on any atom is -0.493 e. The molecule has 0 aromatic heterocycles. The third-order valence-electron chi connectivity index (χ3n) is 4.24. The monoisotopic (exact) mass is 395 g/mol. The molecule has 0 unspecified atom stereocenters. The lowest BCUT2D eigenvalue weighted by atomic mass is 9.97. The smallest absolute Gasteiger partial charge is 0.278 e. The summed E-state index contributed by atoms with van der Waals surface area (Å²) in [4.78, 5) is 13.5. The van der Waals surface area contributed by atoms with E-state index < -0.39 is 0 Å². The second-order valence-corrected chi connectivity index (χ2v) is 5.61. The quantitative estimate of drug-likeness (QED) is 0.564. The van der Waals surface area contributed by atoms with E-state index in [1.807, 2.05) is 0 Å². The van der Waals surface area contributed by atoms with Crippen LogP contribution in [0, 0.1) is 10.1 Å². The second-order valence-electron chi connectivity index (χ2n) is 5.61. The maximum absolute atomic E-state index is 11.6. The number of nitrogens with one attached hydrogen (secondary N) is 1. The molecule has 9 heteroatoms. The zero-order valence-electron chi connectivity index (χ0n) is 14.8. The van der Waals surface area contributed by atoms with Gasteiger partial charge in [0.1, 0.15) is 0 Å². The highest BCUT2D eigenvalue weighted by Gasteiger charge is 2.29. The highest BCUT2D eigenvalue weighted by atomic mass is 35.5. The van der Waals surface area contributed by atoms with E-state index >= 15 is 0 Å². The zero-order valence-corrected chi connectivity index (χ0v) is 16.5. The zero-order chi connectivity index (χ0) is 16.8. The van der Waals surface area contributed by atoms with E-state index in [1.165, 1.54) is 13.2 Å². The van der Waals surface area contributed by atoms with Gasteiger partial charge in [0.25, 0.3) is 5.69 Å². The number of piperazine rings is 1. The van der Waals surface area contributed by atoms with Crippen LogP contribution in [0.2, 0.25) is 0 Å². The van der Waals surface area contributed by atoms with Gasteiger partial charge in [0.05, 0.1) is 30.8 Å². The van der Waals surface area contributed by atoms with Gasteiger partial charge in [-0.1, -0.05) is 13.3 Å². The molecule has 0 amide bonds. The maximum Gasteiger partial charge on any atom is 0.278 e. The van der Waals surface area contributed by atoms with Crippen LogP contribution in [0.3, 0.4) is 0 Å². The van der Waals surface area contributed by atoms with Gasteiger partial charge in [0.15, 0.2) is 11.5 Å². The lowest BCUT2D eigenvalue weighted by Gasteiger charge is -2.35. The molecule has 1 aliphatic rings. The molecule has 1 N–H and O–H groups in total. The number of nitro benzene ring substituents is 1. The normalized spacial score (nSPS) is 15.5.